The van der Waals surface area contributed by atoms with Gasteiger partial charge in [-0.15, -0.1) is 0 Å². The van der Waals surface area contributed by atoms with Gasteiger partial charge in [0.2, 0.25) is 0 Å². The van der Waals surface area contributed by atoms with E-state index in [1.165, 1.54) is 12.3 Å². The van der Waals surface area contributed by atoms with Crippen LogP contribution in [0.4, 0.5) is 4.39 Å². The third-order valence-electron chi connectivity index (χ3n) is 3.19. The van der Waals surface area contributed by atoms with Gasteiger partial charge in [0, 0.05) is 12.7 Å². The zero-order chi connectivity index (χ0) is 14.8. The summed E-state index contributed by atoms with van der Waals surface area (Å²) in [5.41, 5.74) is 0.298. The lowest BCUT2D eigenvalue weighted by atomic mass is 10.1. The van der Waals surface area contributed by atoms with Crippen molar-refractivity contribution >= 4 is 5.97 Å². The van der Waals surface area contributed by atoms with Crippen molar-refractivity contribution in [2.75, 3.05) is 6.54 Å². The fourth-order valence-corrected chi connectivity index (χ4v) is 2.43. The molecular weight excluding hydrogens is 259 g/mol. The molecule has 110 valence electrons. The highest BCUT2D eigenvalue weighted by molar-refractivity contribution is 5.76. The van der Waals surface area contributed by atoms with E-state index in [2.05, 4.69) is 4.98 Å². The summed E-state index contributed by atoms with van der Waals surface area (Å²) in [6.07, 6.45) is 4.55. The molecule has 0 N–H and O–H groups in total. The fourth-order valence-electron chi connectivity index (χ4n) is 2.43. The number of carbonyl (C=O) groups is 1. The van der Waals surface area contributed by atoms with E-state index in [9.17, 15) is 9.18 Å². The molecule has 0 aromatic carbocycles. The first-order chi connectivity index (χ1) is 9.35. The Balaban J connectivity index is 2.02. The molecule has 0 bridgehead atoms. The third kappa shape index (κ3) is 4.00. The Bertz CT molecular complexity index is 485. The molecule has 1 aromatic rings. The summed E-state index contributed by atoms with van der Waals surface area (Å²) in [6.45, 7) is 6.93. The van der Waals surface area contributed by atoms with Gasteiger partial charge in [-0.25, -0.2) is 4.39 Å². The number of carbonyl (C=O) groups excluding carboxylic acids is 1. The summed E-state index contributed by atoms with van der Waals surface area (Å²) in [7, 11) is 0. The van der Waals surface area contributed by atoms with Crippen molar-refractivity contribution in [3.05, 3.63) is 29.8 Å². The summed E-state index contributed by atoms with van der Waals surface area (Å²) in [6, 6.07) is 1.22. The van der Waals surface area contributed by atoms with Crippen LogP contribution in [-0.2, 0) is 16.1 Å². The van der Waals surface area contributed by atoms with Crippen molar-refractivity contribution in [2.45, 2.75) is 51.8 Å². The highest BCUT2D eigenvalue weighted by Gasteiger charge is 2.33. The van der Waals surface area contributed by atoms with Crippen LogP contribution in [0.3, 0.4) is 0 Å². The second-order valence-electron chi connectivity index (χ2n) is 6.17. The zero-order valence-electron chi connectivity index (χ0n) is 12.2. The van der Waals surface area contributed by atoms with Crippen LogP contribution in [0.2, 0.25) is 0 Å². The summed E-state index contributed by atoms with van der Waals surface area (Å²) in [5.74, 6) is -0.546. The van der Waals surface area contributed by atoms with Crippen LogP contribution in [0.1, 0.15) is 39.2 Å². The predicted octanol–water partition coefficient (Wildman–Crippen LogP) is 2.53. The summed E-state index contributed by atoms with van der Waals surface area (Å²) >= 11 is 0. The highest BCUT2D eigenvalue weighted by Crippen LogP contribution is 2.23. The van der Waals surface area contributed by atoms with E-state index in [4.69, 9.17) is 4.74 Å². The van der Waals surface area contributed by atoms with Gasteiger partial charge >= 0.3 is 5.97 Å². The SMILES string of the molecule is CC(C)(C)OC(=O)[C@H]1CCCN1Cc1cncc(F)c1. The number of hydrogen-bond donors (Lipinski definition) is 0. The van der Waals surface area contributed by atoms with Gasteiger partial charge in [0.05, 0.1) is 6.20 Å². The van der Waals surface area contributed by atoms with Gasteiger partial charge in [-0.05, 0) is 51.8 Å². The Morgan fingerprint density at radius 2 is 2.25 bits per heavy atom. The molecule has 1 fully saturated rings. The van der Waals surface area contributed by atoms with Gasteiger partial charge < -0.3 is 4.74 Å². The smallest absolute Gasteiger partial charge is 0.323 e. The molecule has 1 aliphatic heterocycles. The topological polar surface area (TPSA) is 42.4 Å². The molecule has 0 unspecified atom stereocenters. The Kier molecular flexibility index (Phi) is 4.38. The number of halogens is 1. The minimum absolute atomic E-state index is 0.195. The lowest BCUT2D eigenvalue weighted by Crippen LogP contribution is -2.40. The van der Waals surface area contributed by atoms with Crippen LogP contribution in [0, 0.1) is 5.82 Å². The second-order valence-corrected chi connectivity index (χ2v) is 6.17. The molecule has 4 nitrogen and oxygen atoms in total. The number of likely N-dealkylation sites (tertiary alicyclic amines) is 1. The van der Waals surface area contributed by atoms with Gasteiger partial charge in [-0.3, -0.25) is 14.7 Å². The molecule has 5 heteroatoms. The summed E-state index contributed by atoms with van der Waals surface area (Å²) in [4.78, 5) is 18.0. The van der Waals surface area contributed by atoms with Gasteiger partial charge in [-0.1, -0.05) is 0 Å². The maximum absolute atomic E-state index is 13.1. The third-order valence-corrected chi connectivity index (χ3v) is 3.19. The van der Waals surface area contributed by atoms with Crippen LogP contribution >= 0.6 is 0 Å². The van der Waals surface area contributed by atoms with Crippen molar-refractivity contribution in [2.24, 2.45) is 0 Å². The monoisotopic (exact) mass is 280 g/mol. The molecule has 1 atom stereocenters. The number of nitrogens with zero attached hydrogens (tertiary/aromatic N) is 2. The first-order valence-corrected chi connectivity index (χ1v) is 6.91. The number of hydrogen-bond acceptors (Lipinski definition) is 4. The number of rotatable bonds is 3. The number of pyridine rings is 1. The molecule has 1 aromatic heterocycles. The Morgan fingerprint density at radius 1 is 1.50 bits per heavy atom. The van der Waals surface area contributed by atoms with Gasteiger partial charge in [0.15, 0.2) is 0 Å². The lowest BCUT2D eigenvalue weighted by molar-refractivity contribution is -0.160. The molecule has 1 saturated heterocycles. The molecule has 2 rings (SSSR count). The Labute approximate surface area is 118 Å². The first kappa shape index (κ1) is 14.9. The van der Waals surface area contributed by atoms with E-state index >= 15 is 0 Å². The molecule has 1 aliphatic rings. The molecule has 0 radical (unpaired) electrons. The maximum Gasteiger partial charge on any atom is 0.323 e. The molecule has 0 saturated carbocycles. The summed E-state index contributed by atoms with van der Waals surface area (Å²) < 4.78 is 18.6. The highest BCUT2D eigenvalue weighted by atomic mass is 19.1. The first-order valence-electron chi connectivity index (χ1n) is 6.91. The van der Waals surface area contributed by atoms with E-state index < -0.39 is 5.60 Å². The second kappa shape index (κ2) is 5.87. The minimum atomic E-state index is -0.480. The van der Waals surface area contributed by atoms with Crippen molar-refractivity contribution in [1.29, 1.82) is 0 Å². The molecule has 0 spiro atoms. The van der Waals surface area contributed by atoms with Crippen molar-refractivity contribution in [3.63, 3.8) is 0 Å². The van der Waals surface area contributed by atoms with E-state index in [1.54, 1.807) is 6.20 Å². The fraction of sp³-hybridized carbons (Fsp3) is 0.600. The predicted molar refractivity (Wildman–Crippen MR) is 73.5 cm³/mol. The lowest BCUT2D eigenvalue weighted by Gasteiger charge is -2.27. The molecule has 20 heavy (non-hydrogen) atoms. The van der Waals surface area contributed by atoms with Crippen LogP contribution < -0.4 is 0 Å². The quantitative estimate of drug-likeness (QED) is 0.798. The Hall–Kier alpha value is -1.49. The number of aromatic nitrogens is 1. The minimum Gasteiger partial charge on any atom is -0.459 e. The van der Waals surface area contributed by atoms with E-state index in [0.29, 0.717) is 6.54 Å². The van der Waals surface area contributed by atoms with Crippen molar-refractivity contribution in [1.82, 2.24) is 9.88 Å². The van der Waals surface area contributed by atoms with Gasteiger partial charge in [0.1, 0.15) is 17.5 Å². The zero-order valence-corrected chi connectivity index (χ0v) is 12.2. The normalized spacial score (nSPS) is 20.1. The average molecular weight is 280 g/mol. The maximum atomic E-state index is 13.1. The van der Waals surface area contributed by atoms with E-state index in [0.717, 1.165) is 24.9 Å². The summed E-state index contributed by atoms with van der Waals surface area (Å²) in [5, 5.41) is 0. The molecule has 0 amide bonds. The van der Waals surface area contributed by atoms with Crippen LogP contribution in [0.15, 0.2) is 18.5 Å². The van der Waals surface area contributed by atoms with Gasteiger partial charge in [0.25, 0.3) is 0 Å². The van der Waals surface area contributed by atoms with E-state index in [-0.39, 0.29) is 17.8 Å². The van der Waals surface area contributed by atoms with Crippen LogP contribution in [0.25, 0.3) is 0 Å². The largest absolute Gasteiger partial charge is 0.459 e. The molecule has 2 heterocycles. The number of ether oxygens (including phenoxy) is 1. The van der Waals surface area contributed by atoms with Crippen LogP contribution in [-0.4, -0.2) is 34.0 Å². The van der Waals surface area contributed by atoms with Crippen LogP contribution in [0.5, 0.6) is 0 Å². The van der Waals surface area contributed by atoms with Gasteiger partial charge in [-0.2, -0.15) is 0 Å². The van der Waals surface area contributed by atoms with Crippen molar-refractivity contribution < 1.29 is 13.9 Å². The molecule has 0 aliphatic carbocycles. The Morgan fingerprint density at radius 3 is 2.90 bits per heavy atom. The standard InChI is InChI=1S/C15H21FN2O2/c1-15(2,3)20-14(19)13-5-4-6-18(13)10-11-7-12(16)9-17-8-11/h7-9,13H,4-6,10H2,1-3H3/t13-/m1/s1. The van der Waals surface area contributed by atoms with Crippen molar-refractivity contribution in [3.8, 4) is 0 Å². The molecular formula is C15H21FN2O2. The van der Waals surface area contributed by atoms with E-state index in [1.807, 2.05) is 25.7 Å². The number of esters is 1. The average Bonchev–Trinajstić information content (AvgIpc) is 2.75.